The summed E-state index contributed by atoms with van der Waals surface area (Å²) in [6, 6.07) is 49.5. The highest BCUT2D eigenvalue weighted by atomic mass is 16.6. The minimum absolute atomic E-state index is 0.0462. The second-order valence-electron chi connectivity index (χ2n) is 28.2. The molecule has 0 aliphatic rings. The Morgan fingerprint density at radius 2 is 0.650 bits per heavy atom. The van der Waals surface area contributed by atoms with Crippen molar-refractivity contribution in [1.82, 2.24) is 14.7 Å². The number of nitrogens with zero attached hydrogens (tertiary/aromatic N) is 3. The number of carbonyl (C=O) groups excluding carboxylic acids is 3. The summed E-state index contributed by atoms with van der Waals surface area (Å²) >= 11 is 0. The number of aryl methyl sites for hydroxylation is 7. The molecule has 6 aromatic rings. The van der Waals surface area contributed by atoms with Gasteiger partial charge >= 0.3 is 17.9 Å². The molecule has 6 rings (SSSR count). The van der Waals surface area contributed by atoms with Crippen molar-refractivity contribution in [1.29, 1.82) is 0 Å². The van der Waals surface area contributed by atoms with Gasteiger partial charge in [0.2, 0.25) is 0 Å². The molecule has 0 saturated heterocycles. The van der Waals surface area contributed by atoms with Crippen molar-refractivity contribution >= 4 is 17.9 Å². The molecule has 0 bridgehead atoms. The smallest absolute Gasteiger partial charge is 0.306 e. The Morgan fingerprint density at radius 3 is 1.04 bits per heavy atom. The molecule has 0 aromatic heterocycles. The van der Waals surface area contributed by atoms with Gasteiger partial charge in [0.15, 0.2) is 0 Å². The van der Waals surface area contributed by atoms with E-state index in [-0.39, 0.29) is 36.2 Å². The average Bonchev–Trinajstić information content (AvgIpc) is 0.900. The fourth-order valence-corrected chi connectivity index (χ4v) is 12.4. The summed E-state index contributed by atoms with van der Waals surface area (Å²) in [5.74, 6) is 4.03. The van der Waals surface area contributed by atoms with Gasteiger partial charge < -0.3 is 52.6 Å². The van der Waals surface area contributed by atoms with E-state index in [4.69, 9.17) is 37.9 Å². The van der Waals surface area contributed by atoms with Gasteiger partial charge in [0.25, 0.3) is 0 Å². The highest BCUT2D eigenvalue weighted by Gasteiger charge is 2.21. The Balaban J connectivity index is 0.000000327. The van der Waals surface area contributed by atoms with Crippen LogP contribution in [0.3, 0.4) is 0 Å². The predicted octanol–water partition coefficient (Wildman–Crippen LogP) is 19.2. The first-order valence-electron chi connectivity index (χ1n) is 38.9. The zero-order valence-corrected chi connectivity index (χ0v) is 65.7. The third-order valence-corrected chi connectivity index (χ3v) is 18.2. The van der Waals surface area contributed by atoms with E-state index in [0.717, 1.165) is 136 Å². The van der Waals surface area contributed by atoms with Crippen molar-refractivity contribution in [2.24, 2.45) is 0 Å². The van der Waals surface area contributed by atoms with Gasteiger partial charge in [-0.1, -0.05) is 221 Å². The molecule has 0 saturated carbocycles. The van der Waals surface area contributed by atoms with Gasteiger partial charge in [-0.15, -0.1) is 0 Å². The standard InChI is InChI=1S/C30H45NO4.C30H45NO3.C29H43NO4/c1-5-6-7-8-9-10-11-19-30(32)35-28(23-31(2)3)24-34-29-18-13-12-16-26(29)21-20-25-15-14-17-27(22-25)33-4;1-5-6-7-8-9-10-15-30(32)34-29(24-31(2)3)23-20-27-14-12-11-13-26(27)19-16-25-17-21-28(33-4)22-18-25;1-5-6-7-8-9-10-15-29(31)34-27(22-30(2)3)23-33-28-14-12-11-13-25(28)19-16-24-17-20-26(32-4)21-18-24/h12-18,22,28H,5-11,19-21,23-24H2,1-4H3;11-14,17-18,21-22,29H,5-10,15-16,19-20,23-24H2,1-4H3;11-14,17-18,20-21,27H,5-10,15-16,19,22-23H2,1-4H3/t;29-;27-/m.11/s1. The van der Waals surface area contributed by atoms with Crippen molar-refractivity contribution in [2.45, 2.75) is 232 Å². The summed E-state index contributed by atoms with van der Waals surface area (Å²) < 4.78 is 45.7. The molecule has 1 unspecified atom stereocenters. The van der Waals surface area contributed by atoms with E-state index in [9.17, 15) is 14.4 Å². The van der Waals surface area contributed by atoms with E-state index >= 15 is 0 Å². The van der Waals surface area contributed by atoms with Crippen LogP contribution in [0.2, 0.25) is 0 Å². The van der Waals surface area contributed by atoms with Gasteiger partial charge in [0.05, 0.1) is 21.3 Å². The summed E-state index contributed by atoms with van der Waals surface area (Å²) in [5.41, 5.74) is 8.82. The van der Waals surface area contributed by atoms with Crippen LogP contribution in [0.25, 0.3) is 0 Å². The quantitative estimate of drug-likeness (QED) is 0.0204. The molecule has 0 radical (unpaired) electrons. The maximum Gasteiger partial charge on any atom is 0.306 e. The maximum atomic E-state index is 12.5. The first-order chi connectivity index (χ1) is 50.0. The zero-order valence-electron chi connectivity index (χ0n) is 65.7. The number of likely N-dealkylation sites (N-methyl/N-ethyl adjacent to an activating group) is 3. The summed E-state index contributed by atoms with van der Waals surface area (Å²) in [4.78, 5) is 43.5. The molecular formula is C89H133N3O11. The van der Waals surface area contributed by atoms with Crippen molar-refractivity contribution in [3.05, 3.63) is 185 Å². The molecule has 3 atom stereocenters. The molecule has 14 heteroatoms. The number of para-hydroxylation sites is 2. The summed E-state index contributed by atoms with van der Waals surface area (Å²) in [6.45, 7) is 9.38. The van der Waals surface area contributed by atoms with Crippen LogP contribution < -0.4 is 23.7 Å². The Hall–Kier alpha value is -7.39. The first kappa shape index (κ1) is 88.0. The van der Waals surface area contributed by atoms with Crippen molar-refractivity contribution in [2.75, 3.05) is 96.5 Å². The molecule has 0 N–H and O–H groups in total. The Kier molecular flexibility index (Phi) is 47.1. The van der Waals surface area contributed by atoms with Gasteiger partial charge in [0, 0.05) is 38.9 Å². The fraction of sp³-hybridized carbons (Fsp3) is 0.562. The molecule has 570 valence electrons. The van der Waals surface area contributed by atoms with Gasteiger partial charge in [-0.25, -0.2) is 0 Å². The van der Waals surface area contributed by atoms with Crippen LogP contribution in [0.4, 0.5) is 0 Å². The van der Waals surface area contributed by atoms with Crippen LogP contribution in [0.1, 0.15) is 207 Å². The lowest BCUT2D eigenvalue weighted by atomic mass is 9.96. The normalized spacial score (nSPS) is 12.0. The van der Waals surface area contributed by atoms with Crippen LogP contribution in [0.15, 0.2) is 146 Å². The molecular weight excluding hydrogens is 1290 g/mol. The maximum absolute atomic E-state index is 12.5. The zero-order chi connectivity index (χ0) is 74.5. The molecule has 0 spiro atoms. The number of rotatable bonds is 52. The van der Waals surface area contributed by atoms with E-state index < -0.39 is 0 Å². The largest absolute Gasteiger partial charge is 0.497 e. The number of benzene rings is 6. The SMILES string of the molecule is CCCCCCCCC(=O)O[C@@H](COc1ccccc1CCc1ccc(OC)cc1)CN(C)C.CCCCCCCCC(=O)O[C@H](CCc1ccccc1CCc1ccc(OC)cc1)CN(C)C.CCCCCCCCCC(=O)OC(COc1ccccc1CCc1cccc(OC)c1)CN(C)C. The Bertz CT molecular complexity index is 3010. The monoisotopic (exact) mass is 1420 g/mol. The number of methoxy groups -OCH3 is 3. The third-order valence-electron chi connectivity index (χ3n) is 18.2. The molecule has 0 fully saturated rings. The molecule has 6 aromatic carbocycles. The third kappa shape index (κ3) is 41.0. The average molecular weight is 1420 g/mol. The van der Waals surface area contributed by atoms with Crippen LogP contribution in [-0.4, -0.2) is 147 Å². The van der Waals surface area contributed by atoms with Gasteiger partial charge in [-0.2, -0.15) is 0 Å². The second kappa shape index (κ2) is 55.1. The minimum Gasteiger partial charge on any atom is -0.497 e. The van der Waals surface area contributed by atoms with Gasteiger partial charge in [-0.3, -0.25) is 14.4 Å². The van der Waals surface area contributed by atoms with Crippen molar-refractivity contribution in [3.8, 4) is 28.7 Å². The summed E-state index contributed by atoms with van der Waals surface area (Å²) in [7, 11) is 17.1. The van der Waals surface area contributed by atoms with Crippen molar-refractivity contribution < 1.29 is 52.3 Å². The first-order valence-corrected chi connectivity index (χ1v) is 38.9. The number of hydrogen-bond acceptors (Lipinski definition) is 14. The van der Waals surface area contributed by atoms with Gasteiger partial charge in [-0.05, 0) is 200 Å². The molecule has 103 heavy (non-hydrogen) atoms. The highest BCUT2D eigenvalue weighted by molar-refractivity contribution is 5.70. The van der Waals surface area contributed by atoms with Crippen molar-refractivity contribution in [3.63, 3.8) is 0 Å². The van der Waals surface area contributed by atoms with Gasteiger partial charge in [0.1, 0.15) is 60.3 Å². The Labute approximate surface area is 623 Å². The molecule has 14 nitrogen and oxygen atoms in total. The van der Waals surface area contributed by atoms with E-state index in [1.165, 1.54) is 111 Å². The lowest BCUT2D eigenvalue weighted by molar-refractivity contribution is -0.152. The minimum atomic E-state index is -0.298. The fourth-order valence-electron chi connectivity index (χ4n) is 12.4. The predicted molar refractivity (Wildman–Crippen MR) is 424 cm³/mol. The Morgan fingerprint density at radius 1 is 0.320 bits per heavy atom. The van der Waals surface area contributed by atoms with E-state index in [1.807, 2.05) is 125 Å². The van der Waals surface area contributed by atoms with E-state index in [0.29, 0.717) is 45.6 Å². The van der Waals surface area contributed by atoms with Crippen LogP contribution in [-0.2, 0) is 73.5 Å². The molecule has 0 amide bonds. The van der Waals surface area contributed by atoms with Crippen LogP contribution in [0, 0.1) is 0 Å². The highest BCUT2D eigenvalue weighted by Crippen LogP contribution is 2.26. The number of ether oxygens (including phenoxy) is 8. The number of unbranched alkanes of at least 4 members (excludes halogenated alkanes) is 16. The van der Waals surface area contributed by atoms with Crippen LogP contribution in [0.5, 0.6) is 28.7 Å². The molecule has 0 heterocycles. The molecule has 0 aliphatic carbocycles. The van der Waals surface area contributed by atoms with Crippen LogP contribution >= 0.6 is 0 Å². The number of hydrogen-bond donors (Lipinski definition) is 0. The lowest BCUT2D eigenvalue weighted by Crippen LogP contribution is -2.35. The summed E-state index contributed by atoms with van der Waals surface area (Å²) in [5, 5.41) is 0. The number of esters is 3. The second-order valence-corrected chi connectivity index (χ2v) is 28.2. The summed E-state index contributed by atoms with van der Waals surface area (Å²) in [6.07, 6.45) is 30.5. The number of carbonyl (C=O) groups is 3. The topological polar surface area (TPSA) is 135 Å². The molecule has 0 aliphatic heterocycles. The van der Waals surface area contributed by atoms with E-state index in [1.54, 1.807) is 21.3 Å². The lowest BCUT2D eigenvalue weighted by Gasteiger charge is -2.22. The van der Waals surface area contributed by atoms with E-state index in [2.05, 4.69) is 98.5 Å².